The van der Waals surface area contributed by atoms with Gasteiger partial charge in [-0.1, -0.05) is 29.8 Å². The van der Waals surface area contributed by atoms with Gasteiger partial charge in [0.15, 0.2) is 0 Å². The highest BCUT2D eigenvalue weighted by atomic mass is 15.4. The van der Waals surface area contributed by atoms with Crippen molar-refractivity contribution in [3.63, 3.8) is 0 Å². The number of nitrogens with zero attached hydrogens (tertiary/aromatic N) is 4. The summed E-state index contributed by atoms with van der Waals surface area (Å²) >= 11 is 0. The first-order valence-electron chi connectivity index (χ1n) is 6.24. The van der Waals surface area contributed by atoms with Crippen LogP contribution in [0.1, 0.15) is 17.0 Å². The average molecular weight is 251 g/mol. The fraction of sp³-hybridized carbons (Fsp3) is 0.200. The van der Waals surface area contributed by atoms with Gasteiger partial charge in [-0.15, -0.1) is 0 Å². The van der Waals surface area contributed by atoms with Crippen LogP contribution in [0.5, 0.6) is 0 Å². The second-order valence-corrected chi connectivity index (χ2v) is 4.76. The van der Waals surface area contributed by atoms with Gasteiger partial charge in [0.05, 0.1) is 0 Å². The molecule has 0 saturated heterocycles. The second-order valence-electron chi connectivity index (χ2n) is 4.76. The summed E-state index contributed by atoms with van der Waals surface area (Å²) in [5, 5.41) is 4.39. The molecule has 0 saturated carbocycles. The number of imidazole rings is 1. The Hall–Kier alpha value is -2.36. The third kappa shape index (κ3) is 2.17. The Morgan fingerprint density at radius 1 is 1.05 bits per heavy atom. The highest BCUT2D eigenvalue weighted by Gasteiger charge is 2.01. The lowest BCUT2D eigenvalue weighted by Crippen LogP contribution is -2.02. The second kappa shape index (κ2) is 4.39. The van der Waals surface area contributed by atoms with Crippen molar-refractivity contribution < 1.29 is 0 Å². The molecular formula is C15H15N4-. The van der Waals surface area contributed by atoms with Gasteiger partial charge >= 0.3 is 0 Å². The number of hydrogen-bond donors (Lipinski definition) is 0. The van der Waals surface area contributed by atoms with E-state index in [1.165, 1.54) is 5.56 Å². The van der Waals surface area contributed by atoms with Gasteiger partial charge in [-0.05, 0) is 44.3 Å². The molecule has 1 aromatic carbocycles. The van der Waals surface area contributed by atoms with Gasteiger partial charge in [-0.3, -0.25) is 0 Å². The number of aryl methyl sites for hydroxylation is 3. The van der Waals surface area contributed by atoms with Crippen LogP contribution in [-0.4, -0.2) is 14.8 Å². The van der Waals surface area contributed by atoms with Gasteiger partial charge in [0.1, 0.15) is 0 Å². The first kappa shape index (κ1) is 11.7. The van der Waals surface area contributed by atoms with E-state index in [0.717, 1.165) is 22.6 Å². The van der Waals surface area contributed by atoms with Crippen LogP contribution in [-0.2, 0) is 0 Å². The standard InChI is InChI=1S/C15H15N4/c1-10-4-6-13(7-5-10)14-9-16-15(17-14)19-12(3)8-11(2)18-19/h4-9H,1-3H3/q-1. The first-order chi connectivity index (χ1) is 9.13. The zero-order chi connectivity index (χ0) is 13.4. The van der Waals surface area contributed by atoms with Crippen molar-refractivity contribution in [2.75, 3.05) is 0 Å². The van der Waals surface area contributed by atoms with Gasteiger partial charge in [-0.25, -0.2) is 5.10 Å². The molecule has 0 spiro atoms. The highest BCUT2D eigenvalue weighted by molar-refractivity contribution is 5.59. The van der Waals surface area contributed by atoms with Crippen LogP contribution in [0.25, 0.3) is 17.2 Å². The quantitative estimate of drug-likeness (QED) is 0.703. The lowest BCUT2D eigenvalue weighted by atomic mass is 10.1. The molecule has 4 nitrogen and oxygen atoms in total. The summed E-state index contributed by atoms with van der Waals surface area (Å²) in [6, 6.07) is 10.3. The maximum absolute atomic E-state index is 4.54. The van der Waals surface area contributed by atoms with Gasteiger partial charge in [0.25, 0.3) is 0 Å². The Labute approximate surface area is 112 Å². The molecule has 0 aliphatic carbocycles. The van der Waals surface area contributed by atoms with Crippen molar-refractivity contribution >= 4 is 0 Å². The maximum Gasteiger partial charge on any atom is 0.0444 e. The van der Waals surface area contributed by atoms with E-state index in [1.807, 2.05) is 19.9 Å². The summed E-state index contributed by atoms with van der Waals surface area (Å²) < 4.78 is 1.77. The summed E-state index contributed by atoms with van der Waals surface area (Å²) in [7, 11) is 0. The third-order valence-electron chi connectivity index (χ3n) is 3.07. The third-order valence-corrected chi connectivity index (χ3v) is 3.07. The van der Waals surface area contributed by atoms with Crippen LogP contribution in [0, 0.1) is 20.8 Å². The summed E-state index contributed by atoms with van der Waals surface area (Å²) in [6.07, 6.45) is 1.79. The number of hydrogen-bond acceptors (Lipinski definition) is 2. The smallest absolute Gasteiger partial charge is 0.0444 e. The summed E-state index contributed by atoms with van der Waals surface area (Å²) in [5.74, 6) is 0.626. The van der Waals surface area contributed by atoms with Crippen molar-refractivity contribution in [3.05, 3.63) is 53.5 Å². The molecule has 0 aliphatic heterocycles. The molecule has 0 radical (unpaired) electrons. The van der Waals surface area contributed by atoms with Crippen LogP contribution >= 0.6 is 0 Å². The molecule has 2 heterocycles. The Kier molecular flexibility index (Phi) is 2.71. The lowest BCUT2D eigenvalue weighted by Gasteiger charge is -2.08. The van der Waals surface area contributed by atoms with E-state index in [1.54, 1.807) is 10.9 Å². The number of rotatable bonds is 2. The predicted octanol–water partition coefficient (Wildman–Crippen LogP) is 2.82. The van der Waals surface area contributed by atoms with Gasteiger partial charge < -0.3 is 14.6 Å². The molecule has 4 heteroatoms. The molecule has 2 aromatic heterocycles. The monoisotopic (exact) mass is 251 g/mol. The first-order valence-corrected chi connectivity index (χ1v) is 6.24. The molecule has 0 unspecified atom stereocenters. The largest absolute Gasteiger partial charge is 0.365 e. The van der Waals surface area contributed by atoms with E-state index >= 15 is 0 Å². The van der Waals surface area contributed by atoms with E-state index in [4.69, 9.17) is 0 Å². The van der Waals surface area contributed by atoms with Crippen LogP contribution in [0.15, 0.2) is 36.5 Å². The van der Waals surface area contributed by atoms with Crippen LogP contribution in [0.2, 0.25) is 0 Å². The van der Waals surface area contributed by atoms with E-state index in [-0.39, 0.29) is 0 Å². The molecule has 0 aliphatic rings. The summed E-state index contributed by atoms with van der Waals surface area (Å²) in [6.45, 7) is 6.04. The van der Waals surface area contributed by atoms with Gasteiger partial charge in [0.2, 0.25) is 0 Å². The normalized spacial score (nSPS) is 10.9. The topological polar surface area (TPSA) is 44.8 Å². The molecule has 96 valence electrons. The Morgan fingerprint density at radius 3 is 2.42 bits per heavy atom. The van der Waals surface area contributed by atoms with Crippen molar-refractivity contribution in [1.82, 2.24) is 19.7 Å². The average Bonchev–Trinajstić information content (AvgIpc) is 2.97. The molecule has 0 fully saturated rings. The van der Waals surface area contributed by atoms with Gasteiger partial charge in [0, 0.05) is 17.3 Å². The van der Waals surface area contributed by atoms with Gasteiger partial charge in [-0.2, -0.15) is 0 Å². The van der Waals surface area contributed by atoms with E-state index < -0.39 is 0 Å². The minimum atomic E-state index is 0.626. The molecule has 0 N–H and O–H groups in total. The fourth-order valence-electron chi connectivity index (χ4n) is 2.08. The van der Waals surface area contributed by atoms with Crippen molar-refractivity contribution in [2.45, 2.75) is 20.8 Å². The molecule has 19 heavy (non-hydrogen) atoms. The minimum Gasteiger partial charge on any atom is -0.365 e. The van der Waals surface area contributed by atoms with Crippen molar-refractivity contribution in [1.29, 1.82) is 0 Å². The zero-order valence-corrected chi connectivity index (χ0v) is 11.3. The molecule has 3 rings (SSSR count). The molecule has 0 bridgehead atoms. The van der Waals surface area contributed by atoms with E-state index in [0.29, 0.717) is 5.95 Å². The highest BCUT2D eigenvalue weighted by Crippen LogP contribution is 2.18. The minimum absolute atomic E-state index is 0.626. The summed E-state index contributed by atoms with van der Waals surface area (Å²) in [5.41, 5.74) is 5.20. The number of benzene rings is 1. The summed E-state index contributed by atoms with van der Waals surface area (Å²) in [4.78, 5) is 8.89. The Morgan fingerprint density at radius 2 is 1.79 bits per heavy atom. The SMILES string of the molecule is Cc1ccc(-c2c[n-]c(-n3nc(C)cc3C)n2)cc1. The molecule has 0 atom stereocenters. The van der Waals surface area contributed by atoms with Crippen LogP contribution in [0.4, 0.5) is 0 Å². The van der Waals surface area contributed by atoms with Crippen molar-refractivity contribution in [2.24, 2.45) is 0 Å². The number of aromatic nitrogens is 4. The Bertz CT molecular complexity index is 704. The maximum atomic E-state index is 4.54. The van der Waals surface area contributed by atoms with Crippen LogP contribution < -0.4 is 4.98 Å². The molecule has 3 aromatic rings. The zero-order valence-electron chi connectivity index (χ0n) is 11.3. The fourth-order valence-corrected chi connectivity index (χ4v) is 2.08. The predicted molar refractivity (Wildman–Crippen MR) is 74.3 cm³/mol. The molecular weight excluding hydrogens is 236 g/mol. The Balaban J connectivity index is 1.99. The van der Waals surface area contributed by atoms with E-state index in [2.05, 4.69) is 46.3 Å². The van der Waals surface area contributed by atoms with Crippen molar-refractivity contribution in [3.8, 4) is 17.2 Å². The van der Waals surface area contributed by atoms with Crippen LogP contribution in [0.3, 0.4) is 0 Å². The lowest BCUT2D eigenvalue weighted by molar-refractivity contribution is 0.784. The molecule has 0 amide bonds. The van der Waals surface area contributed by atoms with E-state index in [9.17, 15) is 0 Å².